The Morgan fingerprint density at radius 2 is 1.92 bits per heavy atom. The van der Waals surface area contributed by atoms with E-state index in [1.807, 2.05) is 6.26 Å². The van der Waals surface area contributed by atoms with Crippen LogP contribution in [-0.4, -0.2) is 47.2 Å². The Morgan fingerprint density at radius 1 is 1.25 bits per heavy atom. The Bertz CT molecular complexity index is 387. The first kappa shape index (κ1) is 21.3. The van der Waals surface area contributed by atoms with Gasteiger partial charge in [-0.05, 0) is 30.8 Å². The zero-order chi connectivity index (χ0) is 17.9. The summed E-state index contributed by atoms with van der Waals surface area (Å²) >= 11 is 1.64. The number of carbonyl (C=O) groups excluding carboxylic acids is 2. The van der Waals surface area contributed by atoms with Gasteiger partial charge in [-0.2, -0.15) is 11.8 Å². The van der Waals surface area contributed by atoms with E-state index in [4.69, 9.17) is 5.73 Å². The number of thioether (sulfide) groups is 1. The van der Waals surface area contributed by atoms with Gasteiger partial charge in [-0.1, -0.05) is 39.0 Å². The summed E-state index contributed by atoms with van der Waals surface area (Å²) in [6.45, 7) is 1.77. The van der Waals surface area contributed by atoms with E-state index in [1.54, 1.807) is 18.7 Å². The molecule has 7 heteroatoms. The molecule has 1 rings (SSSR count). The Morgan fingerprint density at radius 3 is 2.46 bits per heavy atom. The molecule has 0 bridgehead atoms. The van der Waals surface area contributed by atoms with Gasteiger partial charge in [0.2, 0.25) is 11.8 Å². The fraction of sp³-hybridized carbons (Fsp3) is 0.882. The van der Waals surface area contributed by atoms with Crippen LogP contribution in [0.2, 0.25) is 0 Å². The summed E-state index contributed by atoms with van der Waals surface area (Å²) in [5.41, 5.74) is 5.58. The summed E-state index contributed by atoms with van der Waals surface area (Å²) < 4.78 is 0. The van der Waals surface area contributed by atoms with Crippen LogP contribution in [0.3, 0.4) is 0 Å². The third-order valence-electron chi connectivity index (χ3n) is 4.64. The van der Waals surface area contributed by atoms with Crippen LogP contribution in [0, 0.1) is 5.92 Å². The number of carbonyl (C=O) groups is 2. The van der Waals surface area contributed by atoms with Crippen molar-refractivity contribution in [2.24, 2.45) is 11.7 Å². The molecule has 0 spiro atoms. The molecule has 140 valence electrons. The monoisotopic (exact) mass is 359 g/mol. The second-order valence-electron chi connectivity index (χ2n) is 6.60. The lowest BCUT2D eigenvalue weighted by molar-refractivity contribution is -0.130. The molecule has 6 nitrogen and oxygen atoms in total. The normalized spacial score (nSPS) is 19.3. The molecule has 0 saturated heterocycles. The van der Waals surface area contributed by atoms with Gasteiger partial charge in [-0.15, -0.1) is 0 Å². The molecular formula is C17H33N3O3S. The average Bonchev–Trinajstić information content (AvgIpc) is 2.58. The van der Waals surface area contributed by atoms with Crippen molar-refractivity contribution < 1.29 is 14.7 Å². The van der Waals surface area contributed by atoms with Gasteiger partial charge in [0.1, 0.15) is 12.3 Å². The van der Waals surface area contributed by atoms with Crippen LogP contribution in [0.1, 0.15) is 58.3 Å². The lowest BCUT2D eigenvalue weighted by Crippen LogP contribution is -2.55. The highest BCUT2D eigenvalue weighted by Gasteiger charge is 2.28. The molecule has 0 aromatic carbocycles. The number of aliphatic hydroxyl groups is 1. The maximum Gasteiger partial charge on any atom is 0.242 e. The highest BCUT2D eigenvalue weighted by atomic mass is 32.2. The van der Waals surface area contributed by atoms with E-state index in [0.717, 1.165) is 18.6 Å². The maximum absolute atomic E-state index is 12.6. The van der Waals surface area contributed by atoms with Crippen LogP contribution in [0.4, 0.5) is 0 Å². The summed E-state index contributed by atoms with van der Waals surface area (Å²) in [4.78, 5) is 24.4. The first-order valence-corrected chi connectivity index (χ1v) is 10.4. The van der Waals surface area contributed by atoms with Gasteiger partial charge in [-0.25, -0.2) is 0 Å². The molecule has 2 amide bonds. The summed E-state index contributed by atoms with van der Waals surface area (Å²) in [5, 5.41) is 15.3. The third kappa shape index (κ3) is 7.85. The quantitative estimate of drug-likeness (QED) is 0.441. The lowest BCUT2D eigenvalue weighted by Gasteiger charge is -2.29. The van der Waals surface area contributed by atoms with Crippen molar-refractivity contribution in [1.29, 1.82) is 0 Å². The molecule has 1 saturated carbocycles. The summed E-state index contributed by atoms with van der Waals surface area (Å²) in [7, 11) is 0. The van der Waals surface area contributed by atoms with Gasteiger partial charge in [-0.3, -0.25) is 9.59 Å². The van der Waals surface area contributed by atoms with Gasteiger partial charge in [0.25, 0.3) is 0 Å². The second kappa shape index (κ2) is 11.7. The topological polar surface area (TPSA) is 104 Å². The predicted molar refractivity (Wildman–Crippen MR) is 98.5 cm³/mol. The number of aliphatic hydroxyl groups excluding tert-OH is 1. The van der Waals surface area contributed by atoms with Crippen LogP contribution in [0.25, 0.3) is 0 Å². The average molecular weight is 360 g/mol. The van der Waals surface area contributed by atoms with Crippen LogP contribution >= 0.6 is 11.8 Å². The fourth-order valence-corrected chi connectivity index (χ4v) is 3.63. The van der Waals surface area contributed by atoms with E-state index in [2.05, 4.69) is 10.6 Å². The highest BCUT2D eigenvalue weighted by Crippen LogP contribution is 2.27. The first-order valence-electron chi connectivity index (χ1n) is 9.00. The number of hydrogen-bond donors (Lipinski definition) is 4. The van der Waals surface area contributed by atoms with Gasteiger partial charge >= 0.3 is 0 Å². The maximum atomic E-state index is 12.6. The number of hydrogen-bond acceptors (Lipinski definition) is 5. The lowest BCUT2D eigenvalue weighted by atomic mass is 9.84. The Labute approximate surface area is 149 Å². The molecule has 0 aromatic rings. The third-order valence-corrected chi connectivity index (χ3v) is 5.28. The molecule has 3 atom stereocenters. The number of amides is 2. The number of nitrogens with one attached hydrogen (secondary N) is 2. The molecular weight excluding hydrogens is 326 g/mol. The molecule has 5 N–H and O–H groups in total. The predicted octanol–water partition coefficient (Wildman–Crippen LogP) is 1.37. The smallest absolute Gasteiger partial charge is 0.242 e. The number of rotatable bonds is 10. The SMILES string of the molecule is CCC(=O)NC(CC1CCCCC1)C(=O)NC(CCSC)[C@H](N)O. The molecule has 1 aliphatic rings. The van der Waals surface area contributed by atoms with E-state index >= 15 is 0 Å². The minimum Gasteiger partial charge on any atom is -0.377 e. The summed E-state index contributed by atoms with van der Waals surface area (Å²) in [6, 6.07) is -1.03. The minimum atomic E-state index is -1.10. The molecule has 0 aromatic heterocycles. The van der Waals surface area contributed by atoms with Crippen molar-refractivity contribution >= 4 is 23.6 Å². The van der Waals surface area contributed by atoms with Gasteiger partial charge in [0.05, 0.1) is 6.04 Å². The molecule has 0 aliphatic heterocycles. The minimum absolute atomic E-state index is 0.125. The van der Waals surface area contributed by atoms with Crippen LogP contribution in [0.15, 0.2) is 0 Å². The van der Waals surface area contributed by atoms with E-state index in [0.29, 0.717) is 25.2 Å². The molecule has 0 radical (unpaired) electrons. The molecule has 1 aliphatic carbocycles. The van der Waals surface area contributed by atoms with Crippen LogP contribution in [-0.2, 0) is 9.59 Å². The zero-order valence-corrected chi connectivity index (χ0v) is 15.7. The Kier molecular flexibility index (Phi) is 10.4. The van der Waals surface area contributed by atoms with E-state index in [1.165, 1.54) is 19.3 Å². The molecule has 24 heavy (non-hydrogen) atoms. The standard InChI is InChI=1S/C17H33N3O3S/c1-3-15(21)19-14(11-12-7-5-4-6-8-12)17(23)20-13(16(18)22)9-10-24-2/h12-14,16,22H,3-11,18H2,1-2H3,(H,19,21)(H,20,23)/t13?,14?,16-/m1/s1. The molecule has 2 unspecified atom stereocenters. The van der Waals surface area contributed by atoms with Crippen LogP contribution in [0.5, 0.6) is 0 Å². The number of nitrogens with two attached hydrogens (primary N) is 1. The van der Waals surface area contributed by atoms with Crippen molar-refractivity contribution in [3.63, 3.8) is 0 Å². The Hall–Kier alpha value is -0.790. The first-order chi connectivity index (χ1) is 11.5. The van der Waals surface area contributed by atoms with E-state index in [9.17, 15) is 14.7 Å². The largest absolute Gasteiger partial charge is 0.377 e. The van der Waals surface area contributed by atoms with Crippen molar-refractivity contribution in [3.8, 4) is 0 Å². The van der Waals surface area contributed by atoms with Gasteiger partial charge in [0.15, 0.2) is 0 Å². The van der Waals surface area contributed by atoms with Crippen molar-refractivity contribution in [1.82, 2.24) is 10.6 Å². The van der Waals surface area contributed by atoms with E-state index in [-0.39, 0.29) is 11.8 Å². The molecule has 1 fully saturated rings. The van der Waals surface area contributed by atoms with Crippen molar-refractivity contribution in [2.45, 2.75) is 76.6 Å². The van der Waals surface area contributed by atoms with Crippen LogP contribution < -0.4 is 16.4 Å². The fourth-order valence-electron chi connectivity index (χ4n) is 3.14. The summed E-state index contributed by atoms with van der Waals surface area (Å²) in [5.74, 6) is 0.908. The second-order valence-corrected chi connectivity index (χ2v) is 7.59. The van der Waals surface area contributed by atoms with Gasteiger partial charge in [0, 0.05) is 6.42 Å². The summed E-state index contributed by atoms with van der Waals surface area (Å²) in [6.07, 6.45) is 8.34. The molecule has 0 heterocycles. The Balaban J connectivity index is 2.67. The van der Waals surface area contributed by atoms with Gasteiger partial charge < -0.3 is 21.5 Å². The van der Waals surface area contributed by atoms with E-state index < -0.39 is 18.3 Å². The van der Waals surface area contributed by atoms with Crippen molar-refractivity contribution in [2.75, 3.05) is 12.0 Å². The van der Waals surface area contributed by atoms with Crippen molar-refractivity contribution in [3.05, 3.63) is 0 Å². The highest BCUT2D eigenvalue weighted by molar-refractivity contribution is 7.98. The zero-order valence-electron chi connectivity index (χ0n) is 14.9.